The van der Waals surface area contributed by atoms with Gasteiger partial charge >= 0.3 is 7.12 Å². The number of aromatic nitrogens is 3. The second kappa shape index (κ2) is 5.24. The van der Waals surface area contributed by atoms with Gasteiger partial charge in [-0.05, 0) is 33.8 Å². The minimum atomic E-state index is -0.654. The fraction of sp³-hybridized carbons (Fsp3) is 0.400. The van der Waals surface area contributed by atoms with Crippen LogP contribution in [0.25, 0.3) is 11.3 Å². The maximum Gasteiger partial charge on any atom is 0.496 e. The largest absolute Gasteiger partial charge is 0.496 e. The Morgan fingerprint density at radius 1 is 1.00 bits per heavy atom. The number of halogens is 1. The van der Waals surface area contributed by atoms with Crippen LogP contribution in [0.3, 0.4) is 0 Å². The summed E-state index contributed by atoms with van der Waals surface area (Å²) < 4.78 is 26.2. The summed E-state index contributed by atoms with van der Waals surface area (Å²) in [5.41, 5.74) is 5.60. The summed E-state index contributed by atoms with van der Waals surface area (Å²) in [5, 5.41) is 0. The molecular formula is C15H18BFN4O2. The van der Waals surface area contributed by atoms with E-state index in [-0.39, 0.29) is 11.6 Å². The van der Waals surface area contributed by atoms with E-state index in [4.69, 9.17) is 15.0 Å². The Labute approximate surface area is 134 Å². The molecule has 6 nitrogen and oxygen atoms in total. The van der Waals surface area contributed by atoms with Gasteiger partial charge in [0.05, 0.1) is 11.2 Å². The topological polar surface area (TPSA) is 83.2 Å². The zero-order chi connectivity index (χ0) is 16.8. The van der Waals surface area contributed by atoms with Crippen LogP contribution in [0.2, 0.25) is 0 Å². The molecule has 0 aromatic carbocycles. The van der Waals surface area contributed by atoms with Crippen molar-refractivity contribution in [1.29, 1.82) is 0 Å². The van der Waals surface area contributed by atoms with Crippen molar-refractivity contribution in [3.05, 3.63) is 30.5 Å². The number of anilines is 1. The summed E-state index contributed by atoms with van der Waals surface area (Å²) >= 11 is 0. The maximum absolute atomic E-state index is 14.4. The van der Waals surface area contributed by atoms with E-state index in [2.05, 4.69) is 15.0 Å². The molecule has 1 aliphatic rings. The van der Waals surface area contributed by atoms with E-state index in [1.54, 1.807) is 0 Å². The van der Waals surface area contributed by atoms with Crippen molar-refractivity contribution >= 4 is 18.5 Å². The highest BCUT2D eigenvalue weighted by Gasteiger charge is 2.51. The minimum absolute atomic E-state index is 0.128. The maximum atomic E-state index is 14.4. The summed E-state index contributed by atoms with van der Waals surface area (Å²) in [6.45, 7) is 7.77. The molecule has 1 fully saturated rings. The van der Waals surface area contributed by atoms with Gasteiger partial charge in [0.1, 0.15) is 11.5 Å². The van der Waals surface area contributed by atoms with Gasteiger partial charge in [-0.25, -0.2) is 14.4 Å². The van der Waals surface area contributed by atoms with Gasteiger partial charge < -0.3 is 15.0 Å². The van der Waals surface area contributed by atoms with Crippen LogP contribution in [-0.2, 0) is 9.31 Å². The van der Waals surface area contributed by atoms with Gasteiger partial charge in [-0.3, -0.25) is 4.98 Å². The number of nitrogens with two attached hydrogens (primary N) is 1. The first-order chi connectivity index (χ1) is 10.7. The van der Waals surface area contributed by atoms with Crippen molar-refractivity contribution in [2.24, 2.45) is 0 Å². The van der Waals surface area contributed by atoms with E-state index < -0.39 is 24.1 Å². The fourth-order valence-electron chi connectivity index (χ4n) is 2.23. The SMILES string of the molecule is CC1(C)OB(c2cnc(-c3cnc(N)nc3)c(F)c2)OC1(C)C. The second-order valence-corrected chi connectivity index (χ2v) is 6.52. The summed E-state index contributed by atoms with van der Waals surface area (Å²) in [7, 11) is -0.654. The van der Waals surface area contributed by atoms with Gasteiger partial charge in [-0.15, -0.1) is 0 Å². The lowest BCUT2D eigenvalue weighted by atomic mass is 9.80. The van der Waals surface area contributed by atoms with Crippen molar-refractivity contribution in [2.45, 2.75) is 38.9 Å². The average molecular weight is 316 g/mol. The Morgan fingerprint density at radius 3 is 2.09 bits per heavy atom. The van der Waals surface area contributed by atoms with Gasteiger partial charge in [-0.2, -0.15) is 0 Å². The predicted octanol–water partition coefficient (Wildman–Crippen LogP) is 1.56. The van der Waals surface area contributed by atoms with E-state index in [0.29, 0.717) is 11.0 Å². The highest BCUT2D eigenvalue weighted by molar-refractivity contribution is 6.62. The zero-order valence-electron chi connectivity index (χ0n) is 13.5. The van der Waals surface area contributed by atoms with Crippen molar-refractivity contribution < 1.29 is 13.7 Å². The monoisotopic (exact) mass is 316 g/mol. The first-order valence-corrected chi connectivity index (χ1v) is 7.28. The molecule has 1 aliphatic heterocycles. The Balaban J connectivity index is 1.90. The van der Waals surface area contributed by atoms with Gasteiger partial charge in [0, 0.05) is 29.6 Å². The van der Waals surface area contributed by atoms with Gasteiger partial charge in [-0.1, -0.05) is 0 Å². The van der Waals surface area contributed by atoms with E-state index in [0.717, 1.165) is 0 Å². The van der Waals surface area contributed by atoms with Gasteiger partial charge in [0.25, 0.3) is 0 Å². The van der Waals surface area contributed by atoms with Crippen LogP contribution in [0.5, 0.6) is 0 Å². The number of hydrogen-bond acceptors (Lipinski definition) is 6. The highest BCUT2D eigenvalue weighted by atomic mass is 19.1. The molecule has 0 bridgehead atoms. The van der Waals surface area contributed by atoms with Gasteiger partial charge in [0.2, 0.25) is 5.95 Å². The quantitative estimate of drug-likeness (QED) is 0.847. The van der Waals surface area contributed by atoms with Crippen LogP contribution in [0, 0.1) is 5.82 Å². The van der Waals surface area contributed by atoms with E-state index in [1.165, 1.54) is 24.7 Å². The smallest absolute Gasteiger partial charge is 0.399 e. The molecule has 0 aliphatic carbocycles. The fourth-order valence-corrected chi connectivity index (χ4v) is 2.23. The van der Waals surface area contributed by atoms with Crippen molar-refractivity contribution in [2.75, 3.05) is 5.73 Å². The molecule has 3 heterocycles. The van der Waals surface area contributed by atoms with Crippen LogP contribution in [0.1, 0.15) is 27.7 Å². The number of pyridine rings is 1. The standard InChI is InChI=1S/C15H18BFN4O2/c1-14(2)15(3,4)23-16(22-14)10-5-11(17)12(19-8-10)9-6-20-13(18)21-7-9/h5-8H,1-4H3,(H2,18,20,21). The number of nitrogens with zero attached hydrogens (tertiary/aromatic N) is 3. The van der Waals surface area contributed by atoms with Crippen molar-refractivity contribution in [3.63, 3.8) is 0 Å². The molecule has 2 aromatic heterocycles. The average Bonchev–Trinajstić information content (AvgIpc) is 2.68. The lowest BCUT2D eigenvalue weighted by Crippen LogP contribution is -2.41. The Bertz CT molecular complexity index is 721. The number of rotatable bonds is 2. The van der Waals surface area contributed by atoms with Crippen LogP contribution in [0.15, 0.2) is 24.7 Å². The molecule has 3 rings (SSSR count). The summed E-state index contributed by atoms with van der Waals surface area (Å²) in [5.74, 6) is -0.367. The summed E-state index contributed by atoms with van der Waals surface area (Å²) in [4.78, 5) is 11.9. The molecule has 1 saturated heterocycles. The molecule has 8 heteroatoms. The molecule has 0 atom stereocenters. The third-order valence-corrected chi connectivity index (χ3v) is 4.33. The third kappa shape index (κ3) is 2.79. The van der Waals surface area contributed by atoms with Crippen LogP contribution in [-0.4, -0.2) is 33.3 Å². The first-order valence-electron chi connectivity index (χ1n) is 7.28. The Kier molecular flexibility index (Phi) is 3.61. The second-order valence-electron chi connectivity index (χ2n) is 6.52. The van der Waals surface area contributed by atoms with E-state index in [1.807, 2.05) is 27.7 Å². The molecular weight excluding hydrogens is 298 g/mol. The summed E-state index contributed by atoms with van der Waals surface area (Å²) in [6.07, 6.45) is 4.40. The molecule has 120 valence electrons. The van der Waals surface area contributed by atoms with E-state index >= 15 is 0 Å². The molecule has 0 saturated carbocycles. The summed E-state index contributed by atoms with van der Waals surface area (Å²) in [6, 6.07) is 1.36. The predicted molar refractivity (Wildman–Crippen MR) is 85.3 cm³/mol. The number of hydrogen-bond donors (Lipinski definition) is 1. The molecule has 0 amide bonds. The lowest BCUT2D eigenvalue weighted by Gasteiger charge is -2.32. The van der Waals surface area contributed by atoms with Crippen LogP contribution < -0.4 is 11.2 Å². The number of nitrogen functional groups attached to an aromatic ring is 1. The Morgan fingerprint density at radius 2 is 1.57 bits per heavy atom. The molecule has 0 unspecified atom stereocenters. The van der Waals surface area contributed by atoms with E-state index in [9.17, 15) is 4.39 Å². The highest BCUT2D eigenvalue weighted by Crippen LogP contribution is 2.36. The lowest BCUT2D eigenvalue weighted by molar-refractivity contribution is 0.00578. The normalized spacial score (nSPS) is 19.1. The van der Waals surface area contributed by atoms with Crippen molar-refractivity contribution in [3.8, 4) is 11.3 Å². The molecule has 23 heavy (non-hydrogen) atoms. The molecule has 2 N–H and O–H groups in total. The first kappa shape index (κ1) is 15.8. The molecule has 2 aromatic rings. The Hall–Kier alpha value is -2.06. The third-order valence-electron chi connectivity index (χ3n) is 4.33. The van der Waals surface area contributed by atoms with Crippen molar-refractivity contribution in [1.82, 2.24) is 15.0 Å². The van der Waals surface area contributed by atoms with Crippen LogP contribution >= 0.6 is 0 Å². The zero-order valence-corrected chi connectivity index (χ0v) is 13.5. The van der Waals surface area contributed by atoms with Crippen LogP contribution in [0.4, 0.5) is 10.3 Å². The molecule has 0 radical (unpaired) electrons. The minimum Gasteiger partial charge on any atom is -0.399 e. The molecule has 0 spiro atoms. The van der Waals surface area contributed by atoms with Gasteiger partial charge in [0.15, 0.2) is 0 Å².